The van der Waals surface area contributed by atoms with Crippen LogP contribution < -0.4 is 16.8 Å². The monoisotopic (exact) mass is 332 g/mol. The van der Waals surface area contributed by atoms with E-state index >= 15 is 0 Å². The largest absolute Gasteiger partial charge is 0.480 e. The fraction of sp³-hybridized carbons (Fsp3) is 0.412. The summed E-state index contributed by atoms with van der Waals surface area (Å²) in [6, 6.07) is 5.89. The first-order valence-corrected chi connectivity index (χ1v) is 8.06. The fourth-order valence-electron chi connectivity index (χ4n) is 2.64. The van der Waals surface area contributed by atoms with Crippen LogP contribution in [0.4, 0.5) is 0 Å². The number of aliphatic carboxylic acids is 1. The third-order valence-corrected chi connectivity index (χ3v) is 4.02. The minimum absolute atomic E-state index is 0.195. The van der Waals surface area contributed by atoms with Crippen LogP contribution in [0.5, 0.6) is 0 Å². The second kappa shape index (κ2) is 8.47. The predicted octanol–water partition coefficient (Wildman–Crippen LogP) is 0.736. The van der Waals surface area contributed by atoms with E-state index in [4.69, 9.17) is 11.5 Å². The van der Waals surface area contributed by atoms with E-state index in [1.54, 1.807) is 6.20 Å². The number of carboxylic acids is 1. The van der Waals surface area contributed by atoms with Gasteiger partial charge in [0.1, 0.15) is 6.04 Å². The number of unbranched alkanes of at least 4 members (excludes halogenated alkanes) is 1. The summed E-state index contributed by atoms with van der Waals surface area (Å²) in [7, 11) is 0. The van der Waals surface area contributed by atoms with Gasteiger partial charge in [0.05, 0.1) is 6.04 Å². The van der Waals surface area contributed by atoms with Crippen molar-refractivity contribution in [1.29, 1.82) is 0 Å². The highest BCUT2D eigenvalue weighted by atomic mass is 16.4. The van der Waals surface area contributed by atoms with Gasteiger partial charge in [-0.15, -0.1) is 0 Å². The van der Waals surface area contributed by atoms with E-state index in [0.29, 0.717) is 13.0 Å². The summed E-state index contributed by atoms with van der Waals surface area (Å²) in [5.41, 5.74) is 13.0. The highest BCUT2D eigenvalue weighted by Crippen LogP contribution is 2.19. The van der Waals surface area contributed by atoms with E-state index in [9.17, 15) is 14.7 Å². The molecule has 2 rings (SSSR count). The zero-order chi connectivity index (χ0) is 17.5. The Labute approximate surface area is 140 Å². The molecule has 1 aromatic carbocycles. The molecular weight excluding hydrogens is 308 g/mol. The molecule has 130 valence electrons. The molecule has 0 saturated carbocycles. The zero-order valence-electron chi connectivity index (χ0n) is 13.5. The number of H-pyrrole nitrogens is 1. The van der Waals surface area contributed by atoms with E-state index in [1.807, 2.05) is 24.3 Å². The molecule has 0 radical (unpaired) electrons. The number of fused-ring (bicyclic) bond motifs is 1. The lowest BCUT2D eigenvalue weighted by Crippen LogP contribution is -2.49. The van der Waals surface area contributed by atoms with Crippen LogP contribution in [0.1, 0.15) is 24.8 Å². The predicted molar refractivity (Wildman–Crippen MR) is 92.5 cm³/mol. The Kier molecular flexibility index (Phi) is 6.34. The van der Waals surface area contributed by atoms with Crippen LogP contribution in [0.15, 0.2) is 30.5 Å². The molecule has 0 spiro atoms. The summed E-state index contributed by atoms with van der Waals surface area (Å²) in [5.74, 6) is -1.53. The van der Waals surface area contributed by atoms with Gasteiger partial charge in [-0.25, -0.2) is 4.79 Å². The molecule has 7 N–H and O–H groups in total. The average molecular weight is 332 g/mol. The first kappa shape index (κ1) is 18.0. The molecule has 2 atom stereocenters. The van der Waals surface area contributed by atoms with Gasteiger partial charge in [-0.3, -0.25) is 4.79 Å². The van der Waals surface area contributed by atoms with Crippen molar-refractivity contribution in [3.05, 3.63) is 36.0 Å². The van der Waals surface area contributed by atoms with Gasteiger partial charge in [-0.2, -0.15) is 0 Å². The lowest BCUT2D eigenvalue weighted by Gasteiger charge is -2.17. The number of carbonyl (C=O) groups is 2. The van der Waals surface area contributed by atoms with Crippen LogP contribution in [0.2, 0.25) is 0 Å². The van der Waals surface area contributed by atoms with Gasteiger partial charge in [-0.1, -0.05) is 24.6 Å². The molecule has 7 heteroatoms. The first-order valence-electron chi connectivity index (χ1n) is 8.06. The van der Waals surface area contributed by atoms with Crippen LogP contribution in [0, 0.1) is 0 Å². The summed E-state index contributed by atoms with van der Waals surface area (Å²) in [5, 5.41) is 12.9. The summed E-state index contributed by atoms with van der Waals surface area (Å²) < 4.78 is 0. The summed E-state index contributed by atoms with van der Waals surface area (Å²) in [4.78, 5) is 26.7. The summed E-state index contributed by atoms with van der Waals surface area (Å²) in [6.07, 6.45) is 3.99. The van der Waals surface area contributed by atoms with E-state index in [-0.39, 0.29) is 6.42 Å². The third-order valence-electron chi connectivity index (χ3n) is 4.02. The number of para-hydroxylation sites is 1. The molecule has 0 aliphatic rings. The number of hydrogen-bond donors (Lipinski definition) is 5. The Balaban J connectivity index is 2.02. The SMILES string of the molecule is NCCCC[C@H](N)C(=O)N[C@@H](Cc1c[nH]c2ccccc12)C(=O)O. The molecule has 1 amide bonds. The fourth-order valence-corrected chi connectivity index (χ4v) is 2.64. The van der Waals surface area contributed by atoms with Crippen molar-refractivity contribution in [2.45, 2.75) is 37.8 Å². The molecule has 0 saturated heterocycles. The maximum atomic E-state index is 12.1. The Morgan fingerprint density at radius 3 is 2.71 bits per heavy atom. The number of aromatic amines is 1. The topological polar surface area (TPSA) is 134 Å². The number of aromatic nitrogens is 1. The van der Waals surface area contributed by atoms with Crippen molar-refractivity contribution >= 4 is 22.8 Å². The number of amides is 1. The molecule has 0 aliphatic carbocycles. The van der Waals surface area contributed by atoms with Crippen LogP contribution >= 0.6 is 0 Å². The van der Waals surface area contributed by atoms with Gasteiger partial charge in [0, 0.05) is 23.5 Å². The Morgan fingerprint density at radius 2 is 2.00 bits per heavy atom. The number of carbonyl (C=O) groups excluding carboxylic acids is 1. The minimum atomic E-state index is -1.08. The van der Waals surface area contributed by atoms with Crippen molar-refractivity contribution in [3.63, 3.8) is 0 Å². The molecule has 7 nitrogen and oxygen atoms in total. The highest BCUT2D eigenvalue weighted by Gasteiger charge is 2.24. The van der Waals surface area contributed by atoms with Crippen molar-refractivity contribution in [3.8, 4) is 0 Å². The van der Waals surface area contributed by atoms with Gasteiger partial charge >= 0.3 is 5.97 Å². The second-order valence-corrected chi connectivity index (χ2v) is 5.85. The van der Waals surface area contributed by atoms with Crippen molar-refractivity contribution < 1.29 is 14.7 Å². The van der Waals surface area contributed by atoms with Crippen molar-refractivity contribution in [1.82, 2.24) is 10.3 Å². The van der Waals surface area contributed by atoms with Gasteiger partial charge in [0.15, 0.2) is 0 Å². The van der Waals surface area contributed by atoms with Crippen molar-refractivity contribution in [2.24, 2.45) is 11.5 Å². The van der Waals surface area contributed by atoms with Crippen molar-refractivity contribution in [2.75, 3.05) is 6.54 Å². The smallest absolute Gasteiger partial charge is 0.326 e. The summed E-state index contributed by atoms with van der Waals surface area (Å²) in [6.45, 7) is 0.548. The van der Waals surface area contributed by atoms with Gasteiger partial charge in [0.2, 0.25) is 5.91 Å². The zero-order valence-corrected chi connectivity index (χ0v) is 13.5. The Hall–Kier alpha value is -2.38. The molecule has 1 aromatic heterocycles. The molecule has 24 heavy (non-hydrogen) atoms. The Bertz CT molecular complexity index is 698. The molecule has 0 bridgehead atoms. The third kappa shape index (κ3) is 4.56. The summed E-state index contributed by atoms with van der Waals surface area (Å²) >= 11 is 0. The lowest BCUT2D eigenvalue weighted by molar-refractivity contribution is -0.142. The van der Waals surface area contributed by atoms with E-state index in [2.05, 4.69) is 10.3 Å². The molecule has 0 fully saturated rings. The minimum Gasteiger partial charge on any atom is -0.480 e. The number of benzene rings is 1. The molecule has 0 aliphatic heterocycles. The van der Waals surface area contributed by atoms with Gasteiger partial charge in [-0.05, 0) is 31.0 Å². The quantitative estimate of drug-likeness (QED) is 0.432. The number of nitrogens with two attached hydrogens (primary N) is 2. The second-order valence-electron chi connectivity index (χ2n) is 5.85. The standard InChI is InChI=1S/C17H24N4O3/c18-8-4-3-6-13(19)16(22)21-15(17(23)24)9-11-10-20-14-7-2-1-5-12(11)14/h1-2,5,7,10,13,15,20H,3-4,6,8-9,18-19H2,(H,21,22)(H,23,24)/t13-,15-/m0/s1. The lowest BCUT2D eigenvalue weighted by atomic mass is 10.0. The van der Waals surface area contributed by atoms with Crippen LogP contribution in [0.3, 0.4) is 0 Å². The van der Waals surface area contributed by atoms with Gasteiger partial charge < -0.3 is 26.9 Å². The maximum absolute atomic E-state index is 12.1. The number of carboxylic acid groups (broad SMARTS) is 1. The van der Waals surface area contributed by atoms with E-state index in [0.717, 1.165) is 29.3 Å². The maximum Gasteiger partial charge on any atom is 0.326 e. The van der Waals surface area contributed by atoms with Crippen LogP contribution in [-0.2, 0) is 16.0 Å². The van der Waals surface area contributed by atoms with Crippen LogP contribution in [-0.4, -0.2) is 40.6 Å². The average Bonchev–Trinajstić information content (AvgIpc) is 2.97. The first-order chi connectivity index (χ1) is 11.5. The number of rotatable bonds is 9. The molecule has 2 aromatic rings. The number of hydrogen-bond acceptors (Lipinski definition) is 4. The van der Waals surface area contributed by atoms with E-state index in [1.165, 1.54) is 0 Å². The highest BCUT2D eigenvalue weighted by molar-refractivity contribution is 5.88. The number of nitrogens with one attached hydrogen (secondary N) is 2. The molecule has 1 heterocycles. The molecule has 0 unspecified atom stereocenters. The van der Waals surface area contributed by atoms with Crippen LogP contribution in [0.25, 0.3) is 10.9 Å². The van der Waals surface area contributed by atoms with Gasteiger partial charge in [0.25, 0.3) is 0 Å². The molecular formula is C17H24N4O3. The normalized spacial score (nSPS) is 13.6. The Morgan fingerprint density at radius 1 is 1.25 bits per heavy atom. The van der Waals surface area contributed by atoms with E-state index < -0.39 is 24.0 Å².